The summed E-state index contributed by atoms with van der Waals surface area (Å²) in [5, 5.41) is 7.13. The van der Waals surface area contributed by atoms with Gasteiger partial charge in [-0.2, -0.15) is 0 Å². The van der Waals surface area contributed by atoms with Gasteiger partial charge in [-0.05, 0) is 44.5 Å². The van der Waals surface area contributed by atoms with Gasteiger partial charge in [-0.1, -0.05) is 37.1 Å². The van der Waals surface area contributed by atoms with Gasteiger partial charge in [0.1, 0.15) is 5.82 Å². The van der Waals surface area contributed by atoms with Crippen LogP contribution in [0.5, 0.6) is 0 Å². The number of carbonyl (C=O) groups excluding carboxylic acids is 1. The Morgan fingerprint density at radius 3 is 2.69 bits per heavy atom. The monoisotopic (exact) mass is 376 g/mol. The Labute approximate surface area is 160 Å². The Bertz CT molecular complexity index is 694. The van der Waals surface area contributed by atoms with E-state index in [2.05, 4.69) is 27.5 Å². The highest BCUT2D eigenvalue weighted by Gasteiger charge is 2.22. The van der Waals surface area contributed by atoms with Crippen LogP contribution in [0.15, 0.2) is 30.5 Å². The number of halogens is 1. The van der Waals surface area contributed by atoms with E-state index >= 15 is 0 Å². The van der Waals surface area contributed by atoms with E-state index in [-0.39, 0.29) is 5.91 Å². The van der Waals surface area contributed by atoms with Crippen molar-refractivity contribution in [1.82, 2.24) is 20.6 Å². The van der Waals surface area contributed by atoms with Crippen LogP contribution >= 0.6 is 11.6 Å². The second kappa shape index (κ2) is 9.74. The highest BCUT2D eigenvalue weighted by Crippen LogP contribution is 2.22. The predicted octanol–water partition coefficient (Wildman–Crippen LogP) is 3.94. The second-order valence-electron chi connectivity index (χ2n) is 7.05. The fourth-order valence-electron chi connectivity index (χ4n) is 2.72. The molecule has 1 heterocycles. The van der Waals surface area contributed by atoms with Crippen LogP contribution in [-0.2, 0) is 23.3 Å². The first kappa shape index (κ1) is 20.5. The molecule has 2 aromatic rings. The van der Waals surface area contributed by atoms with Gasteiger partial charge in [0.15, 0.2) is 0 Å². The molecule has 6 heteroatoms. The number of carbonyl (C=O) groups is 1. The Hall–Kier alpha value is -1.85. The lowest BCUT2D eigenvalue weighted by Gasteiger charge is -2.27. The summed E-state index contributed by atoms with van der Waals surface area (Å²) in [6.45, 7) is 7.91. The lowest BCUT2D eigenvalue weighted by molar-refractivity contribution is -0.122. The van der Waals surface area contributed by atoms with Crippen LogP contribution in [-0.4, -0.2) is 22.4 Å². The first-order valence-corrected chi connectivity index (χ1v) is 9.59. The van der Waals surface area contributed by atoms with Crippen molar-refractivity contribution in [2.45, 2.75) is 58.5 Å². The van der Waals surface area contributed by atoms with Crippen LogP contribution in [0.2, 0.25) is 5.02 Å². The Kier molecular flexibility index (Phi) is 7.66. The molecule has 0 atom stereocenters. The summed E-state index contributed by atoms with van der Waals surface area (Å²) in [5.41, 5.74) is 1.56. The van der Waals surface area contributed by atoms with Crippen molar-refractivity contribution < 1.29 is 4.79 Å². The number of H-pyrrole nitrogens is 1. The fourth-order valence-corrected chi connectivity index (χ4v) is 2.85. The molecular weight excluding hydrogens is 348 g/mol. The maximum atomic E-state index is 12.3. The molecule has 0 saturated heterocycles. The maximum absolute atomic E-state index is 12.3. The van der Waals surface area contributed by atoms with Crippen molar-refractivity contribution in [3.05, 3.63) is 52.6 Å². The summed E-state index contributed by atoms with van der Waals surface area (Å²) in [6.07, 6.45) is 5.25. The third-order valence-corrected chi connectivity index (χ3v) is 4.56. The number of aromatic nitrogens is 2. The molecule has 5 nitrogen and oxygen atoms in total. The number of aromatic amines is 1. The van der Waals surface area contributed by atoms with Gasteiger partial charge in [0.05, 0.1) is 11.2 Å². The van der Waals surface area contributed by atoms with Crippen LogP contribution in [0, 0.1) is 0 Å². The van der Waals surface area contributed by atoms with E-state index in [4.69, 9.17) is 11.6 Å². The van der Waals surface area contributed by atoms with E-state index in [9.17, 15) is 4.79 Å². The molecule has 0 saturated carbocycles. The predicted molar refractivity (Wildman–Crippen MR) is 106 cm³/mol. The molecule has 0 aliphatic heterocycles. The lowest BCUT2D eigenvalue weighted by Crippen LogP contribution is -2.41. The van der Waals surface area contributed by atoms with Gasteiger partial charge in [0.25, 0.3) is 0 Å². The number of unbranched alkanes of at least 4 members (excludes halogenated alkanes) is 1. The molecular formula is C20H29ClN4O. The summed E-state index contributed by atoms with van der Waals surface area (Å²) >= 11 is 5.93. The van der Waals surface area contributed by atoms with Crippen LogP contribution in [0.1, 0.15) is 57.1 Å². The number of aryl methyl sites for hydroxylation is 1. The number of rotatable bonds is 10. The van der Waals surface area contributed by atoms with Crippen molar-refractivity contribution in [2.75, 3.05) is 6.54 Å². The molecule has 0 aliphatic rings. The zero-order valence-corrected chi connectivity index (χ0v) is 16.6. The third-order valence-electron chi connectivity index (χ3n) is 4.30. The molecule has 26 heavy (non-hydrogen) atoms. The molecule has 142 valence electrons. The van der Waals surface area contributed by atoms with E-state index in [1.165, 1.54) is 12.8 Å². The average molecular weight is 377 g/mol. The highest BCUT2D eigenvalue weighted by atomic mass is 35.5. The molecule has 1 aromatic heterocycles. The molecule has 1 amide bonds. The molecule has 1 aromatic carbocycles. The number of imidazole rings is 1. The molecule has 0 fully saturated rings. The normalized spacial score (nSPS) is 11.5. The van der Waals surface area contributed by atoms with Crippen molar-refractivity contribution >= 4 is 17.5 Å². The van der Waals surface area contributed by atoms with Gasteiger partial charge >= 0.3 is 0 Å². The average Bonchev–Trinajstić information content (AvgIpc) is 3.05. The minimum absolute atomic E-state index is 0.00368. The number of hydrogen-bond donors (Lipinski definition) is 3. The SMILES string of the molecule is CCCCNCc1c[nH]c(CCC(=O)NC(C)(C)c2ccc(Cl)cc2)n1. The van der Waals surface area contributed by atoms with Gasteiger partial charge in [-0.3, -0.25) is 4.79 Å². The molecule has 0 bridgehead atoms. The largest absolute Gasteiger partial charge is 0.348 e. The second-order valence-corrected chi connectivity index (χ2v) is 7.49. The maximum Gasteiger partial charge on any atom is 0.221 e. The van der Waals surface area contributed by atoms with E-state index in [0.717, 1.165) is 30.2 Å². The number of nitrogens with zero attached hydrogens (tertiary/aromatic N) is 1. The van der Waals surface area contributed by atoms with Gasteiger partial charge in [0.2, 0.25) is 5.91 Å². The summed E-state index contributed by atoms with van der Waals surface area (Å²) in [6, 6.07) is 7.55. The number of hydrogen-bond acceptors (Lipinski definition) is 3. The Balaban J connectivity index is 1.79. The van der Waals surface area contributed by atoms with E-state index in [1.807, 2.05) is 44.3 Å². The van der Waals surface area contributed by atoms with Gasteiger partial charge in [-0.25, -0.2) is 4.98 Å². The van der Waals surface area contributed by atoms with Gasteiger partial charge < -0.3 is 15.6 Å². The summed E-state index contributed by atoms with van der Waals surface area (Å²) in [7, 11) is 0. The minimum atomic E-state index is -0.445. The van der Waals surface area contributed by atoms with Crippen molar-refractivity contribution in [3.63, 3.8) is 0 Å². The molecule has 2 rings (SSSR count). The van der Waals surface area contributed by atoms with Gasteiger partial charge in [0, 0.05) is 30.6 Å². The summed E-state index contributed by atoms with van der Waals surface area (Å²) in [5.74, 6) is 0.848. The van der Waals surface area contributed by atoms with E-state index in [1.54, 1.807) is 0 Å². The van der Waals surface area contributed by atoms with Crippen LogP contribution in [0.4, 0.5) is 0 Å². The van der Waals surface area contributed by atoms with Crippen molar-refractivity contribution in [3.8, 4) is 0 Å². The topological polar surface area (TPSA) is 69.8 Å². The molecule has 0 spiro atoms. The highest BCUT2D eigenvalue weighted by molar-refractivity contribution is 6.30. The van der Waals surface area contributed by atoms with Crippen LogP contribution < -0.4 is 10.6 Å². The van der Waals surface area contributed by atoms with Crippen LogP contribution in [0.25, 0.3) is 0 Å². The van der Waals surface area contributed by atoms with E-state index in [0.29, 0.717) is 17.9 Å². The van der Waals surface area contributed by atoms with Gasteiger partial charge in [-0.15, -0.1) is 0 Å². The molecule has 0 aliphatic carbocycles. The molecule has 3 N–H and O–H groups in total. The third kappa shape index (κ3) is 6.46. The summed E-state index contributed by atoms with van der Waals surface area (Å²) < 4.78 is 0. The fraction of sp³-hybridized carbons (Fsp3) is 0.500. The first-order chi connectivity index (χ1) is 12.4. The quantitative estimate of drug-likeness (QED) is 0.550. The Morgan fingerprint density at radius 2 is 2.00 bits per heavy atom. The zero-order valence-electron chi connectivity index (χ0n) is 15.9. The molecule has 0 unspecified atom stereocenters. The number of benzene rings is 1. The Morgan fingerprint density at radius 1 is 1.27 bits per heavy atom. The molecule has 0 radical (unpaired) electrons. The smallest absolute Gasteiger partial charge is 0.221 e. The minimum Gasteiger partial charge on any atom is -0.348 e. The van der Waals surface area contributed by atoms with Crippen LogP contribution in [0.3, 0.4) is 0 Å². The number of nitrogens with one attached hydrogen (secondary N) is 3. The lowest BCUT2D eigenvalue weighted by atomic mass is 9.94. The van der Waals surface area contributed by atoms with E-state index < -0.39 is 5.54 Å². The summed E-state index contributed by atoms with van der Waals surface area (Å²) in [4.78, 5) is 20.0. The first-order valence-electron chi connectivity index (χ1n) is 9.21. The standard InChI is InChI=1S/C20H29ClN4O/c1-4-5-12-22-13-17-14-23-18(24-17)10-11-19(26)25-20(2,3)15-6-8-16(21)9-7-15/h6-9,14,22H,4-5,10-13H2,1-3H3,(H,23,24)(H,25,26). The zero-order chi connectivity index (χ0) is 19.0. The number of amides is 1. The van der Waals surface area contributed by atoms with Crippen molar-refractivity contribution in [1.29, 1.82) is 0 Å². The van der Waals surface area contributed by atoms with Crippen molar-refractivity contribution in [2.24, 2.45) is 0 Å².